The summed E-state index contributed by atoms with van der Waals surface area (Å²) in [4.78, 5) is 11.3. The molecule has 2 aliphatic heterocycles. The van der Waals surface area contributed by atoms with Crippen LogP contribution >= 0.6 is 11.6 Å². The van der Waals surface area contributed by atoms with E-state index in [0.29, 0.717) is 34.1 Å². The first-order valence-electron chi connectivity index (χ1n) is 11.1. The number of aromatic nitrogens is 5. The predicted octanol–water partition coefficient (Wildman–Crippen LogP) is 4.67. The van der Waals surface area contributed by atoms with Crippen molar-refractivity contribution in [1.82, 2.24) is 29.9 Å². The van der Waals surface area contributed by atoms with E-state index in [1.54, 1.807) is 12.1 Å². The molecule has 6 rings (SSSR count). The first-order chi connectivity index (χ1) is 16.4. The minimum absolute atomic E-state index is 0.156. The molecule has 0 bridgehead atoms. The van der Waals surface area contributed by atoms with Crippen LogP contribution in [0.1, 0.15) is 26.8 Å². The first-order valence-corrected chi connectivity index (χ1v) is 11.5. The van der Waals surface area contributed by atoms with Gasteiger partial charge in [0.05, 0.1) is 22.8 Å². The second-order valence-corrected chi connectivity index (χ2v) is 9.96. The summed E-state index contributed by atoms with van der Waals surface area (Å²) in [6, 6.07) is 9.87. The number of rotatable bonds is 4. The Hall–Kier alpha value is -3.43. The van der Waals surface area contributed by atoms with Crippen LogP contribution in [0, 0.1) is 0 Å². The molecule has 2 aliphatic rings. The number of halogens is 1. The summed E-state index contributed by atoms with van der Waals surface area (Å²) in [6.45, 7) is 8.79. The van der Waals surface area contributed by atoms with Crippen LogP contribution in [0.2, 0.25) is 5.02 Å². The Balaban J connectivity index is 1.31. The zero-order valence-electron chi connectivity index (χ0n) is 19.1. The van der Waals surface area contributed by atoms with E-state index in [1.807, 2.05) is 29.1 Å². The molecule has 4 heterocycles. The van der Waals surface area contributed by atoms with Crippen molar-refractivity contribution in [2.24, 2.45) is 0 Å². The number of anilines is 2. The number of nitrogens with one attached hydrogen (secondary N) is 1. The average molecular weight is 478 g/mol. The van der Waals surface area contributed by atoms with E-state index >= 15 is 0 Å². The molecule has 0 aliphatic carbocycles. The van der Waals surface area contributed by atoms with Crippen molar-refractivity contribution in [2.45, 2.75) is 32.4 Å². The van der Waals surface area contributed by atoms with Gasteiger partial charge < -0.3 is 14.8 Å². The number of nitrogens with zero attached hydrogens (tertiary/aromatic N) is 6. The maximum atomic E-state index is 6.46. The molecule has 0 unspecified atom stereocenters. The average Bonchev–Trinajstić information content (AvgIpc) is 3.43. The highest BCUT2D eigenvalue weighted by molar-refractivity contribution is 6.34. The van der Waals surface area contributed by atoms with Crippen molar-refractivity contribution in [1.29, 1.82) is 0 Å². The Morgan fingerprint density at radius 3 is 2.76 bits per heavy atom. The third kappa shape index (κ3) is 3.61. The number of fused-ring (bicyclic) bond motifs is 2. The summed E-state index contributed by atoms with van der Waals surface area (Å²) in [5, 5.41) is 13.5. The first kappa shape index (κ1) is 21.1. The van der Waals surface area contributed by atoms with E-state index in [-0.39, 0.29) is 12.3 Å². The summed E-state index contributed by atoms with van der Waals surface area (Å²) in [6.07, 6.45) is 3.53. The van der Waals surface area contributed by atoms with Gasteiger partial charge in [-0.05, 0) is 45.0 Å². The Morgan fingerprint density at radius 1 is 1.09 bits per heavy atom. The molecule has 10 heteroatoms. The van der Waals surface area contributed by atoms with Crippen molar-refractivity contribution in [3.8, 4) is 22.8 Å². The predicted molar refractivity (Wildman–Crippen MR) is 130 cm³/mol. The molecule has 4 aromatic rings. The lowest BCUT2D eigenvalue weighted by atomic mass is 9.98. The number of hydrogen-bond acceptors (Lipinski definition) is 8. The topological polar surface area (TPSA) is 90.2 Å². The number of likely N-dealkylation sites (tertiary alicyclic amines) is 1. The fourth-order valence-corrected chi connectivity index (χ4v) is 4.45. The Kier molecular flexibility index (Phi) is 4.86. The van der Waals surface area contributed by atoms with Gasteiger partial charge in [-0.3, -0.25) is 4.90 Å². The smallest absolute Gasteiger partial charge is 0.231 e. The van der Waals surface area contributed by atoms with Crippen LogP contribution in [0.15, 0.2) is 42.9 Å². The molecular formula is C24H24ClN7O2. The quantitative estimate of drug-likeness (QED) is 0.453. The summed E-state index contributed by atoms with van der Waals surface area (Å²) in [7, 11) is 0. The van der Waals surface area contributed by atoms with Crippen LogP contribution in [-0.4, -0.2) is 55.3 Å². The molecule has 1 fully saturated rings. The highest BCUT2D eigenvalue weighted by Crippen LogP contribution is 2.45. The highest BCUT2D eigenvalue weighted by atomic mass is 35.5. The third-order valence-electron chi connectivity index (χ3n) is 6.36. The van der Waals surface area contributed by atoms with E-state index in [1.165, 1.54) is 6.33 Å². The van der Waals surface area contributed by atoms with E-state index in [2.05, 4.69) is 51.3 Å². The minimum atomic E-state index is 0.156. The van der Waals surface area contributed by atoms with Crippen LogP contribution in [0.25, 0.3) is 22.2 Å². The summed E-state index contributed by atoms with van der Waals surface area (Å²) < 4.78 is 13.1. The molecule has 1 N–H and O–H groups in total. The van der Waals surface area contributed by atoms with Crippen LogP contribution in [0.5, 0.6) is 11.5 Å². The number of hydrogen-bond donors (Lipinski definition) is 1. The molecule has 174 valence electrons. The summed E-state index contributed by atoms with van der Waals surface area (Å²) >= 11 is 6.46. The molecule has 0 radical (unpaired) electrons. The molecule has 0 spiro atoms. The van der Waals surface area contributed by atoms with Gasteiger partial charge in [0, 0.05) is 29.6 Å². The van der Waals surface area contributed by atoms with Gasteiger partial charge in [0.25, 0.3) is 0 Å². The third-order valence-corrected chi connectivity index (χ3v) is 6.67. The van der Waals surface area contributed by atoms with E-state index in [4.69, 9.17) is 21.1 Å². The van der Waals surface area contributed by atoms with Crippen molar-refractivity contribution >= 4 is 34.0 Å². The fraction of sp³-hybridized carbons (Fsp3) is 0.333. The molecule has 2 aromatic carbocycles. The molecule has 1 saturated heterocycles. The van der Waals surface area contributed by atoms with Gasteiger partial charge in [0.2, 0.25) is 6.79 Å². The minimum Gasteiger partial charge on any atom is -0.454 e. The second kappa shape index (κ2) is 7.82. The lowest BCUT2D eigenvalue weighted by molar-refractivity contribution is 0.0148. The van der Waals surface area contributed by atoms with Gasteiger partial charge in [0.15, 0.2) is 11.5 Å². The molecule has 0 saturated carbocycles. The van der Waals surface area contributed by atoms with Crippen molar-refractivity contribution in [2.75, 3.05) is 25.2 Å². The van der Waals surface area contributed by atoms with E-state index in [0.717, 1.165) is 35.2 Å². The Bertz CT molecular complexity index is 1390. The van der Waals surface area contributed by atoms with Gasteiger partial charge in [-0.15, -0.1) is 5.10 Å². The standard InChI is InChI=1S/C24H24ClN7O2/c1-24(2,3)31-9-15(10-31)32-11-19(29-30-32)14-4-6-18-16(8-14)23(27-12-26-18)28-21-17(25)5-7-20-22(21)34-13-33-20/h4-8,11-12,15H,9-10,13H2,1-3H3,(H,26,27,28). The van der Waals surface area contributed by atoms with Gasteiger partial charge in [-0.2, -0.15) is 0 Å². The van der Waals surface area contributed by atoms with Crippen LogP contribution in [-0.2, 0) is 0 Å². The normalized spacial score (nSPS) is 16.1. The van der Waals surface area contributed by atoms with Crippen LogP contribution in [0.4, 0.5) is 11.5 Å². The largest absolute Gasteiger partial charge is 0.454 e. The SMILES string of the molecule is CC(C)(C)N1CC(n2cc(-c3ccc4ncnc(Nc5c(Cl)ccc6c5OCO6)c4c3)nn2)C1. The van der Waals surface area contributed by atoms with Gasteiger partial charge in [-0.1, -0.05) is 22.9 Å². The molecule has 9 nitrogen and oxygen atoms in total. The maximum absolute atomic E-state index is 6.46. The number of ether oxygens (including phenoxy) is 2. The zero-order valence-corrected chi connectivity index (χ0v) is 19.9. The lowest BCUT2D eigenvalue weighted by Crippen LogP contribution is -2.56. The molecule has 2 aromatic heterocycles. The van der Waals surface area contributed by atoms with Gasteiger partial charge in [0.1, 0.15) is 23.5 Å². The Labute approximate surface area is 201 Å². The van der Waals surface area contributed by atoms with Crippen molar-refractivity contribution in [3.05, 3.63) is 47.9 Å². The second-order valence-electron chi connectivity index (χ2n) is 9.55. The molecule has 34 heavy (non-hydrogen) atoms. The van der Waals surface area contributed by atoms with Crippen molar-refractivity contribution in [3.63, 3.8) is 0 Å². The number of benzene rings is 2. The Morgan fingerprint density at radius 2 is 1.94 bits per heavy atom. The molecule has 0 amide bonds. The lowest BCUT2D eigenvalue weighted by Gasteiger charge is -2.47. The van der Waals surface area contributed by atoms with Gasteiger partial charge >= 0.3 is 0 Å². The van der Waals surface area contributed by atoms with Crippen LogP contribution in [0.3, 0.4) is 0 Å². The monoisotopic (exact) mass is 477 g/mol. The summed E-state index contributed by atoms with van der Waals surface area (Å²) in [5.41, 5.74) is 3.32. The zero-order chi connectivity index (χ0) is 23.4. The van der Waals surface area contributed by atoms with E-state index in [9.17, 15) is 0 Å². The van der Waals surface area contributed by atoms with Crippen molar-refractivity contribution < 1.29 is 9.47 Å². The highest BCUT2D eigenvalue weighted by Gasteiger charge is 2.36. The summed E-state index contributed by atoms with van der Waals surface area (Å²) in [5.74, 6) is 1.83. The molecule has 0 atom stereocenters. The maximum Gasteiger partial charge on any atom is 0.231 e. The molecular weight excluding hydrogens is 454 g/mol. The van der Waals surface area contributed by atoms with E-state index < -0.39 is 0 Å². The fourth-order valence-electron chi connectivity index (χ4n) is 4.26. The van der Waals surface area contributed by atoms with Crippen LogP contribution < -0.4 is 14.8 Å². The van der Waals surface area contributed by atoms with Gasteiger partial charge in [-0.25, -0.2) is 14.6 Å².